The molecule has 0 spiro atoms. The molecular weight excluding hydrogens is 286 g/mol. The molecule has 1 atom stereocenters. The second-order valence-electron chi connectivity index (χ2n) is 4.79. The molecule has 1 heterocycles. The summed E-state index contributed by atoms with van der Waals surface area (Å²) in [5.74, 6) is -1.33. The van der Waals surface area contributed by atoms with Gasteiger partial charge >= 0.3 is 5.97 Å². The number of rotatable bonds is 5. The number of ether oxygens (including phenoxy) is 1. The zero-order valence-corrected chi connectivity index (χ0v) is 12.2. The quantitative estimate of drug-likeness (QED) is 0.757. The number of hydrazone groups is 1. The fourth-order valence-corrected chi connectivity index (χ4v) is 2.00. The SMILES string of the molecule is CNC(=O)C(Cc1ccccc1)OC(=O)C1=NNC(=O)CC1. The number of hydrogen-bond acceptors (Lipinski definition) is 5. The van der Waals surface area contributed by atoms with Crippen LogP contribution < -0.4 is 10.7 Å². The molecule has 1 aromatic rings. The van der Waals surface area contributed by atoms with Gasteiger partial charge in [-0.2, -0.15) is 5.10 Å². The molecule has 2 N–H and O–H groups in total. The summed E-state index contributed by atoms with van der Waals surface area (Å²) in [5.41, 5.74) is 3.22. The molecular formula is C15H17N3O4. The lowest BCUT2D eigenvalue weighted by Gasteiger charge is -2.18. The number of hydrogen-bond donors (Lipinski definition) is 2. The summed E-state index contributed by atoms with van der Waals surface area (Å²) >= 11 is 0. The molecule has 116 valence electrons. The third-order valence-corrected chi connectivity index (χ3v) is 3.19. The Morgan fingerprint density at radius 2 is 2.05 bits per heavy atom. The van der Waals surface area contributed by atoms with E-state index in [1.54, 1.807) is 0 Å². The second-order valence-corrected chi connectivity index (χ2v) is 4.79. The van der Waals surface area contributed by atoms with Gasteiger partial charge in [-0.15, -0.1) is 0 Å². The van der Waals surface area contributed by atoms with Gasteiger partial charge in [-0.3, -0.25) is 9.59 Å². The smallest absolute Gasteiger partial charge is 0.355 e. The summed E-state index contributed by atoms with van der Waals surface area (Å²) in [4.78, 5) is 34.9. The topological polar surface area (TPSA) is 96.9 Å². The largest absolute Gasteiger partial charge is 0.447 e. The first-order chi connectivity index (χ1) is 10.6. The molecule has 1 aliphatic heterocycles. The molecule has 1 aliphatic rings. The van der Waals surface area contributed by atoms with Crippen molar-refractivity contribution in [2.24, 2.45) is 5.10 Å². The van der Waals surface area contributed by atoms with E-state index in [1.807, 2.05) is 30.3 Å². The number of esters is 1. The van der Waals surface area contributed by atoms with Crippen LogP contribution in [-0.2, 0) is 25.5 Å². The first-order valence-electron chi connectivity index (χ1n) is 6.92. The van der Waals surface area contributed by atoms with Gasteiger partial charge in [-0.05, 0) is 5.56 Å². The molecule has 0 saturated carbocycles. The van der Waals surface area contributed by atoms with E-state index in [2.05, 4.69) is 15.8 Å². The summed E-state index contributed by atoms with van der Waals surface area (Å²) in [5, 5.41) is 6.14. The lowest BCUT2D eigenvalue weighted by Crippen LogP contribution is -2.40. The monoisotopic (exact) mass is 303 g/mol. The number of amides is 2. The molecule has 2 rings (SSSR count). The number of benzene rings is 1. The van der Waals surface area contributed by atoms with Gasteiger partial charge < -0.3 is 10.1 Å². The zero-order valence-electron chi connectivity index (χ0n) is 12.2. The highest BCUT2D eigenvalue weighted by molar-refractivity contribution is 6.37. The molecule has 0 aliphatic carbocycles. The fourth-order valence-electron chi connectivity index (χ4n) is 2.00. The van der Waals surface area contributed by atoms with Crippen LogP contribution in [0.25, 0.3) is 0 Å². The van der Waals surface area contributed by atoms with Crippen molar-refractivity contribution in [1.29, 1.82) is 0 Å². The van der Waals surface area contributed by atoms with E-state index in [-0.39, 0.29) is 30.9 Å². The van der Waals surface area contributed by atoms with Crippen molar-refractivity contribution in [3.63, 3.8) is 0 Å². The molecule has 2 amide bonds. The van der Waals surface area contributed by atoms with Gasteiger partial charge in [0.15, 0.2) is 6.10 Å². The third-order valence-electron chi connectivity index (χ3n) is 3.19. The summed E-state index contributed by atoms with van der Waals surface area (Å²) in [6, 6.07) is 9.26. The zero-order chi connectivity index (χ0) is 15.9. The van der Waals surface area contributed by atoms with Crippen molar-refractivity contribution in [2.45, 2.75) is 25.4 Å². The van der Waals surface area contributed by atoms with Crippen LogP contribution in [0.2, 0.25) is 0 Å². The van der Waals surface area contributed by atoms with Gasteiger partial charge in [0.05, 0.1) is 0 Å². The van der Waals surface area contributed by atoms with E-state index < -0.39 is 18.0 Å². The van der Waals surface area contributed by atoms with Crippen molar-refractivity contribution in [3.05, 3.63) is 35.9 Å². The maximum absolute atomic E-state index is 12.0. The standard InChI is InChI=1S/C15H17N3O4/c1-16-14(20)12(9-10-5-3-2-4-6-10)22-15(21)11-7-8-13(19)18-17-11/h2-6,12H,7-9H2,1H3,(H,16,20)(H,18,19). The van der Waals surface area contributed by atoms with Crippen LogP contribution in [-0.4, -0.2) is 36.6 Å². The highest BCUT2D eigenvalue weighted by atomic mass is 16.5. The van der Waals surface area contributed by atoms with Gasteiger partial charge in [0.1, 0.15) is 5.71 Å². The number of likely N-dealkylation sites (N-methyl/N-ethyl adjacent to an activating group) is 1. The molecule has 7 nitrogen and oxygen atoms in total. The Bertz CT molecular complexity index is 598. The molecule has 1 unspecified atom stereocenters. The van der Waals surface area contributed by atoms with Gasteiger partial charge in [-0.1, -0.05) is 30.3 Å². The molecule has 7 heteroatoms. The van der Waals surface area contributed by atoms with Crippen molar-refractivity contribution < 1.29 is 19.1 Å². The average Bonchev–Trinajstić information content (AvgIpc) is 2.55. The van der Waals surface area contributed by atoms with Crippen LogP contribution in [0.4, 0.5) is 0 Å². The molecule has 0 fully saturated rings. The normalized spacial score (nSPS) is 15.3. The highest BCUT2D eigenvalue weighted by Crippen LogP contribution is 2.09. The summed E-state index contributed by atoms with van der Waals surface area (Å²) in [7, 11) is 1.48. The van der Waals surface area contributed by atoms with E-state index >= 15 is 0 Å². The Morgan fingerprint density at radius 3 is 2.64 bits per heavy atom. The van der Waals surface area contributed by atoms with Gasteiger partial charge in [-0.25, -0.2) is 10.2 Å². The minimum atomic E-state index is -0.944. The second kappa shape index (κ2) is 7.35. The van der Waals surface area contributed by atoms with Crippen molar-refractivity contribution >= 4 is 23.5 Å². The van der Waals surface area contributed by atoms with Crippen LogP contribution >= 0.6 is 0 Å². The minimum Gasteiger partial charge on any atom is -0.447 e. The van der Waals surface area contributed by atoms with E-state index in [0.717, 1.165) is 5.56 Å². The summed E-state index contributed by atoms with van der Waals surface area (Å²) in [6.07, 6.45) is -0.292. The lowest BCUT2D eigenvalue weighted by molar-refractivity contribution is -0.149. The molecule has 0 radical (unpaired) electrons. The number of nitrogens with one attached hydrogen (secondary N) is 2. The van der Waals surface area contributed by atoms with Crippen LogP contribution in [0.5, 0.6) is 0 Å². The predicted octanol–water partition coefficient (Wildman–Crippen LogP) is 0.153. The average molecular weight is 303 g/mol. The molecule has 22 heavy (non-hydrogen) atoms. The van der Waals surface area contributed by atoms with Crippen molar-refractivity contribution in [2.75, 3.05) is 7.05 Å². The Labute approximate surface area is 127 Å². The van der Waals surface area contributed by atoms with Crippen LogP contribution in [0.1, 0.15) is 18.4 Å². The number of carbonyl (C=O) groups excluding carboxylic acids is 3. The van der Waals surface area contributed by atoms with Crippen LogP contribution in [0, 0.1) is 0 Å². The summed E-state index contributed by atoms with van der Waals surface area (Å²) < 4.78 is 5.25. The van der Waals surface area contributed by atoms with E-state index in [0.29, 0.717) is 0 Å². The summed E-state index contributed by atoms with van der Waals surface area (Å²) in [6.45, 7) is 0. The Kier molecular flexibility index (Phi) is 5.24. The molecule has 0 saturated heterocycles. The minimum absolute atomic E-state index is 0.113. The number of carbonyl (C=O) groups is 3. The first-order valence-corrected chi connectivity index (χ1v) is 6.92. The Hall–Kier alpha value is -2.70. The van der Waals surface area contributed by atoms with Crippen molar-refractivity contribution in [1.82, 2.24) is 10.7 Å². The van der Waals surface area contributed by atoms with Crippen LogP contribution in [0.3, 0.4) is 0 Å². The first kappa shape index (κ1) is 15.7. The third kappa shape index (κ3) is 4.15. The maximum atomic E-state index is 12.0. The van der Waals surface area contributed by atoms with Gasteiger partial charge in [0.25, 0.3) is 5.91 Å². The highest BCUT2D eigenvalue weighted by Gasteiger charge is 2.26. The Balaban J connectivity index is 2.05. The maximum Gasteiger partial charge on any atom is 0.355 e. The van der Waals surface area contributed by atoms with E-state index in [1.165, 1.54) is 7.05 Å². The Morgan fingerprint density at radius 1 is 1.32 bits per heavy atom. The van der Waals surface area contributed by atoms with Crippen molar-refractivity contribution in [3.8, 4) is 0 Å². The van der Waals surface area contributed by atoms with Gasteiger partial charge in [0.2, 0.25) is 5.91 Å². The van der Waals surface area contributed by atoms with Gasteiger partial charge in [0, 0.05) is 26.3 Å². The van der Waals surface area contributed by atoms with E-state index in [9.17, 15) is 14.4 Å². The molecule has 1 aromatic carbocycles. The van der Waals surface area contributed by atoms with E-state index in [4.69, 9.17) is 4.74 Å². The van der Waals surface area contributed by atoms with Crippen LogP contribution in [0.15, 0.2) is 35.4 Å². The molecule has 0 aromatic heterocycles. The molecule has 0 bridgehead atoms. The lowest BCUT2D eigenvalue weighted by atomic mass is 10.1. The fraction of sp³-hybridized carbons (Fsp3) is 0.333. The number of nitrogens with zero attached hydrogens (tertiary/aromatic N) is 1. The predicted molar refractivity (Wildman–Crippen MR) is 78.9 cm³/mol.